The number of carbonyl (C=O) groups excluding carboxylic acids is 4. The van der Waals surface area contributed by atoms with Crippen molar-refractivity contribution in [3.05, 3.63) is 148 Å². The van der Waals surface area contributed by atoms with Crippen LogP contribution in [0.5, 0.6) is 5.75 Å². The summed E-state index contributed by atoms with van der Waals surface area (Å²) in [4.78, 5) is 64.4. The predicted molar refractivity (Wildman–Crippen MR) is 219 cm³/mol. The molecule has 59 heavy (non-hydrogen) atoms. The highest BCUT2D eigenvalue weighted by molar-refractivity contribution is 8.00. The summed E-state index contributed by atoms with van der Waals surface area (Å²) in [5, 5.41) is 27.1. The number of hydrogen-bond acceptors (Lipinski definition) is 13. The van der Waals surface area contributed by atoms with Gasteiger partial charge < -0.3 is 41.2 Å². The van der Waals surface area contributed by atoms with Crippen molar-refractivity contribution in [3.8, 4) is 5.75 Å². The maximum Gasteiger partial charge on any atom is 0.276 e. The number of oxime groups is 1. The summed E-state index contributed by atoms with van der Waals surface area (Å²) in [6.07, 6.45) is 2.70. The number of nitrogens with one attached hydrogen (secondary N) is 3. The molecule has 3 atom stereocenters. The fourth-order valence-electron chi connectivity index (χ4n) is 7.43. The number of hydrogen-bond donors (Lipinski definition) is 4. The Hall–Kier alpha value is -6.72. The SMILES string of the molecule is COc1cc(N)c[n+](CC2=C(C(=O)[O-])N3C(=O)[C@@H](NC(=O)/C(=N\O[C@H]4CCNC4=O)c4csc(NC(c5ccccc5)(c5ccccc5)c5ccccc5)n4)[C@@H]3SC2)c1. The Morgan fingerprint density at radius 2 is 1.66 bits per heavy atom. The number of nitrogens with two attached hydrogens (primary N) is 1. The number of anilines is 2. The summed E-state index contributed by atoms with van der Waals surface area (Å²) < 4.78 is 6.97. The van der Waals surface area contributed by atoms with Gasteiger partial charge in [0, 0.05) is 35.7 Å². The second kappa shape index (κ2) is 16.6. The van der Waals surface area contributed by atoms with Gasteiger partial charge in [0.25, 0.3) is 17.7 Å². The van der Waals surface area contributed by atoms with E-state index in [1.165, 1.54) is 30.2 Å². The summed E-state index contributed by atoms with van der Waals surface area (Å²) >= 11 is 2.53. The van der Waals surface area contributed by atoms with Crippen molar-refractivity contribution >= 4 is 63.3 Å². The molecule has 3 aliphatic rings. The van der Waals surface area contributed by atoms with E-state index in [1.54, 1.807) is 28.4 Å². The number of amides is 3. The van der Waals surface area contributed by atoms with Crippen molar-refractivity contribution in [1.82, 2.24) is 20.5 Å². The number of thiazole rings is 1. The van der Waals surface area contributed by atoms with Gasteiger partial charge in [0.15, 0.2) is 29.3 Å². The highest BCUT2D eigenvalue weighted by atomic mass is 32.2. The first-order valence-electron chi connectivity index (χ1n) is 18.6. The zero-order valence-corrected chi connectivity index (χ0v) is 33.2. The van der Waals surface area contributed by atoms with E-state index in [-0.39, 0.29) is 35.3 Å². The summed E-state index contributed by atoms with van der Waals surface area (Å²) in [5.41, 5.74) is 8.33. The maximum atomic E-state index is 14.2. The number of ether oxygens (including phenoxy) is 1. The second-order valence-electron chi connectivity index (χ2n) is 13.9. The molecule has 15 nitrogen and oxygen atoms in total. The molecular formula is C42H38N8O7S2. The van der Waals surface area contributed by atoms with Crippen LogP contribution in [0.15, 0.2) is 131 Å². The first kappa shape index (κ1) is 39.1. The van der Waals surface area contributed by atoms with E-state index in [2.05, 4.69) is 21.1 Å². The smallest absolute Gasteiger partial charge is 0.276 e. The second-order valence-corrected chi connectivity index (χ2v) is 15.9. The minimum atomic E-state index is -1.52. The van der Waals surface area contributed by atoms with E-state index in [4.69, 9.17) is 20.3 Å². The number of aromatic nitrogens is 2. The number of carbonyl (C=O) groups is 4. The molecule has 2 fully saturated rings. The molecule has 5 N–H and O–H groups in total. The van der Waals surface area contributed by atoms with Crippen LogP contribution in [0.25, 0.3) is 0 Å². The van der Waals surface area contributed by atoms with E-state index in [1.807, 2.05) is 91.0 Å². The molecule has 0 saturated carbocycles. The fraction of sp³-hybridized carbons (Fsp3) is 0.214. The highest BCUT2D eigenvalue weighted by Gasteiger charge is 2.53. The van der Waals surface area contributed by atoms with Gasteiger partial charge in [-0.1, -0.05) is 96.2 Å². The monoisotopic (exact) mass is 830 g/mol. The van der Waals surface area contributed by atoms with Crippen molar-refractivity contribution in [1.29, 1.82) is 0 Å². The fourth-order valence-corrected chi connectivity index (χ4v) is 9.52. The lowest BCUT2D eigenvalue weighted by Gasteiger charge is -2.50. The van der Waals surface area contributed by atoms with Crippen LogP contribution in [0.1, 0.15) is 28.8 Å². The van der Waals surface area contributed by atoms with Crippen molar-refractivity contribution in [2.45, 2.75) is 36.0 Å². The molecule has 0 bridgehead atoms. The lowest BCUT2D eigenvalue weighted by Crippen LogP contribution is -2.71. The lowest BCUT2D eigenvalue weighted by atomic mass is 9.77. The van der Waals surface area contributed by atoms with Crippen molar-refractivity contribution in [2.24, 2.45) is 5.16 Å². The molecule has 0 spiro atoms. The summed E-state index contributed by atoms with van der Waals surface area (Å²) in [6, 6.07) is 30.3. The van der Waals surface area contributed by atoms with Gasteiger partial charge in [0.1, 0.15) is 28.3 Å². The number of nitrogen functional groups attached to an aromatic ring is 1. The van der Waals surface area contributed by atoms with Crippen LogP contribution < -0.4 is 36.1 Å². The average molecular weight is 831 g/mol. The Balaban J connectivity index is 1.09. The quantitative estimate of drug-likeness (QED) is 0.0420. The Labute approximate surface area is 346 Å². The standard InChI is InChI=1S/C42H38N8O7S2/c1-56-30-19-29(43)21-49(22-30)20-25-23-58-39-34(38(53)50(39)35(25)40(54)55)46-37(52)33(48-57-32-17-18-44-36(32)51)31-24-59-41(45-31)47-42(26-11-5-2-6-12-26,27-13-7-3-8-14-27)28-15-9-4-10-16-28/h2-16,19,21-22,24,32,34,39H,17-18,20,23,43H2,1H3,(H3-,44,45,46,47,51,52,54,55)/b48-33-/t32-,34+,39-/m0/s1. The highest BCUT2D eigenvalue weighted by Crippen LogP contribution is 2.42. The molecular weight excluding hydrogens is 793 g/mol. The largest absolute Gasteiger partial charge is 0.543 e. The Morgan fingerprint density at radius 3 is 2.24 bits per heavy atom. The average Bonchev–Trinajstić information content (AvgIpc) is 3.90. The minimum Gasteiger partial charge on any atom is -0.543 e. The minimum absolute atomic E-state index is 0.106. The Morgan fingerprint density at radius 1 is 1.02 bits per heavy atom. The first-order chi connectivity index (χ1) is 28.7. The number of benzene rings is 3. The molecule has 0 radical (unpaired) electrons. The molecule has 8 rings (SSSR count). The van der Waals surface area contributed by atoms with Crippen LogP contribution in [0.3, 0.4) is 0 Å². The van der Waals surface area contributed by atoms with Crippen LogP contribution in [-0.4, -0.2) is 76.2 Å². The molecule has 2 saturated heterocycles. The molecule has 17 heteroatoms. The molecule has 5 heterocycles. The number of thioether (sulfide) groups is 1. The molecule has 5 aromatic rings. The van der Waals surface area contributed by atoms with Crippen molar-refractivity contribution in [3.63, 3.8) is 0 Å². The van der Waals surface area contributed by atoms with E-state index >= 15 is 0 Å². The molecule has 3 aliphatic heterocycles. The number of fused-ring (bicyclic) bond motifs is 1. The molecule has 0 unspecified atom stereocenters. The topological polar surface area (TPSA) is 204 Å². The summed E-state index contributed by atoms with van der Waals surface area (Å²) in [5.74, 6) is -2.63. The van der Waals surface area contributed by atoms with Gasteiger partial charge in [0.2, 0.25) is 12.3 Å². The third kappa shape index (κ3) is 7.69. The van der Waals surface area contributed by atoms with E-state index in [0.717, 1.165) is 21.6 Å². The van der Waals surface area contributed by atoms with Gasteiger partial charge in [-0.25, -0.2) is 4.98 Å². The van der Waals surface area contributed by atoms with Crippen LogP contribution in [0.2, 0.25) is 0 Å². The molecule has 3 aromatic carbocycles. The van der Waals surface area contributed by atoms with Gasteiger partial charge in [0.05, 0.1) is 18.8 Å². The van der Waals surface area contributed by atoms with Crippen LogP contribution in [0.4, 0.5) is 10.8 Å². The van der Waals surface area contributed by atoms with E-state index in [9.17, 15) is 24.3 Å². The number of nitrogens with zero attached hydrogens (tertiary/aromatic N) is 4. The van der Waals surface area contributed by atoms with Crippen LogP contribution in [-0.2, 0) is 36.1 Å². The molecule has 0 aliphatic carbocycles. The lowest BCUT2D eigenvalue weighted by molar-refractivity contribution is -0.688. The van der Waals surface area contributed by atoms with Crippen LogP contribution in [0, 0.1) is 0 Å². The first-order valence-corrected chi connectivity index (χ1v) is 20.5. The van der Waals surface area contributed by atoms with Gasteiger partial charge in [-0.15, -0.1) is 23.1 Å². The van der Waals surface area contributed by atoms with Crippen molar-refractivity contribution in [2.75, 3.05) is 30.5 Å². The predicted octanol–water partition coefficient (Wildman–Crippen LogP) is 2.14. The van der Waals surface area contributed by atoms with E-state index < -0.39 is 40.8 Å². The number of rotatable bonds is 14. The number of β-lactam (4-membered cyclic amide) rings is 1. The summed E-state index contributed by atoms with van der Waals surface area (Å²) in [7, 11) is 1.49. The maximum absolute atomic E-state index is 14.2. The number of pyridine rings is 1. The molecule has 2 aromatic heterocycles. The zero-order valence-electron chi connectivity index (χ0n) is 31.6. The van der Waals surface area contributed by atoms with Gasteiger partial charge in [-0.2, -0.15) is 4.57 Å². The van der Waals surface area contributed by atoms with Gasteiger partial charge in [-0.05, 0) is 16.7 Å². The summed E-state index contributed by atoms with van der Waals surface area (Å²) in [6.45, 7) is 0.492. The van der Waals surface area contributed by atoms with Gasteiger partial charge >= 0.3 is 0 Å². The normalized spacial score (nSPS) is 19.0. The Kier molecular flexibility index (Phi) is 11.0. The van der Waals surface area contributed by atoms with E-state index in [0.29, 0.717) is 35.1 Å². The number of aliphatic carboxylic acids is 1. The number of methoxy groups -OCH3 is 1. The van der Waals surface area contributed by atoms with Gasteiger partial charge in [-0.3, -0.25) is 19.3 Å². The third-order valence-corrected chi connectivity index (χ3v) is 12.3. The zero-order chi connectivity index (χ0) is 41.1. The van der Waals surface area contributed by atoms with Crippen molar-refractivity contribution < 1.29 is 38.4 Å². The Bertz CT molecular complexity index is 2370. The molecule has 3 amide bonds. The third-order valence-electron chi connectivity index (χ3n) is 10.2. The number of carboxylic acid groups (broad SMARTS) is 1. The number of carboxylic acids is 1. The van der Waals surface area contributed by atoms with Crippen LogP contribution >= 0.6 is 23.1 Å². The molecule has 300 valence electrons.